The number of likely N-dealkylation sites (tertiary alicyclic amines) is 2. The number of benzene rings is 7. The Morgan fingerprint density at radius 3 is 1.64 bits per heavy atom. The van der Waals surface area contributed by atoms with Gasteiger partial charge in [-0.15, -0.1) is 0 Å². The maximum atomic E-state index is 14.2. The van der Waals surface area contributed by atoms with E-state index in [1.165, 1.54) is 60.6 Å². The molecule has 9 N–H and O–H groups in total. The topological polar surface area (TPSA) is 257 Å². The monoisotopic (exact) mass is 1830 g/mol. The number of carbonyl (C=O) groups is 6. The van der Waals surface area contributed by atoms with Gasteiger partial charge >= 0.3 is 36.9 Å². The number of thiol groups is 1. The number of fused-ring (bicyclic) bond motifs is 10. The standard InChI is InChI=1S/C26H30ClNO3.C19H26N2O3.C14H18N2O.C14H18N2.C10H12N2.C6H4ClI.C5H13N.C4H8O.BHNS/c1-16(2)22-26(13-14-28(22)24(30)31-25(3,4)5)20-12-7-6-11-19(20)21(23(26)29)17-9-8-10-18(27)15-17;1-12(2)15-19(10-11-21(15)17(23)24-18(3,4)5)13-8-6-7-9-14(13)20-16(19)22;1-9(2)12-14(7-8-15-12)10-5-3-4-6-11(10)16-13(14)17;1-9(2)13-14-11(7-8-15-13)10-5-3-4-6-12(10)16-14;11-6-5-8-7-12-10-4-2-1-3-9(8)10;7-5-2-1-3-6(8)4-5;1-3-4-5-6-2;1-4(2)3-5;1-2-3/h6-12,15-16,21-22H,13-14H2,1-5H3;6-9,12,15H,10-11H2,1-5H3,(H,20,22);3-6,9,12,15H,7-8H2,1-2H3,(H,16,17);3-6,9,13,15-16H,7-8H2,1-2H3;1-4,7,12H,5-6,11H2;1-4H;6H,3-5H2,1-2H3;3-4H,1-2H3;3H/t21?,22-,26-;15-,19-;;;;;;;/m00......./s1. The minimum absolute atomic E-state index is 0.00606. The van der Waals surface area contributed by atoms with Gasteiger partial charge in [-0.05, 0) is 253 Å². The fraction of sp³-hybridized carbons (Fsp3) is 0.469. The predicted molar refractivity (Wildman–Crippen MR) is 513 cm³/mol. The summed E-state index contributed by atoms with van der Waals surface area (Å²) in [5, 5.41) is 20.3. The Morgan fingerprint density at radius 2 is 1.14 bits per heavy atom. The minimum atomic E-state index is -0.741. The summed E-state index contributed by atoms with van der Waals surface area (Å²) >= 11 is 17.3. The molecule has 655 valence electrons. The molecule has 4 amide bonds. The molecule has 6 aliphatic heterocycles. The summed E-state index contributed by atoms with van der Waals surface area (Å²) in [5.74, 6) is 1.45. The van der Waals surface area contributed by atoms with Gasteiger partial charge in [-0.25, -0.2) is 9.59 Å². The van der Waals surface area contributed by atoms with Crippen LogP contribution in [-0.4, -0.2) is 139 Å². The van der Waals surface area contributed by atoms with E-state index >= 15 is 0 Å². The number of ketones is 1. The zero-order chi connectivity index (χ0) is 89.6. The third-order valence-corrected chi connectivity index (χ3v) is 24.2. The van der Waals surface area contributed by atoms with Crippen molar-refractivity contribution in [2.45, 2.75) is 220 Å². The van der Waals surface area contributed by atoms with Crippen LogP contribution in [0, 0.1) is 33.2 Å². The SMILES string of the molecule is CC(C)C1NCCC12C(=O)Nc1ccccc12.CC(C)C1NCCc2c1[nH]c1ccccc21.CC(C)C=O.CC(C)[C@@H]1N(C(=O)OC(C)(C)C)CC[C@@]12C(=O)C(c1cccc(Cl)c1)c1ccccc12.CC(C)[C@@H]1N(C(=O)OC(C)(C)C)CC[C@@]12C(=O)Nc1ccccc12.CCCCNC.Clc1cccc(I)c1.NCCc1c[nH]c2ccccc12.[B]=NS. The zero-order valence-electron chi connectivity index (χ0n) is 74.6. The van der Waals surface area contributed by atoms with Crippen LogP contribution in [0.15, 0.2) is 180 Å². The molecule has 8 atom stereocenters. The number of nitrogens with one attached hydrogen (secondary N) is 7. The molecule has 1 radical (unpaired) electrons. The molecule has 2 aromatic heterocycles. The average Bonchev–Trinajstić information content (AvgIpc) is 1.54. The number of nitrogens with zero attached hydrogens (tertiary/aromatic N) is 3. The molecule has 8 heterocycles. The van der Waals surface area contributed by atoms with Gasteiger partial charge in [-0.1, -0.05) is 221 Å². The zero-order valence-corrected chi connectivity index (χ0v) is 79.2. The van der Waals surface area contributed by atoms with E-state index in [9.17, 15) is 28.8 Å². The maximum absolute atomic E-state index is 14.2. The molecule has 9 aromatic rings. The molecule has 1 aliphatic carbocycles. The van der Waals surface area contributed by atoms with Crippen LogP contribution in [0.4, 0.5) is 21.0 Å². The van der Waals surface area contributed by atoms with Crippen molar-refractivity contribution in [3.63, 3.8) is 0 Å². The Hall–Kier alpha value is -8.20. The molecule has 122 heavy (non-hydrogen) atoms. The Kier molecular flexibility index (Phi) is 36.7. The van der Waals surface area contributed by atoms with E-state index in [0.29, 0.717) is 55.4 Å². The second kappa shape index (κ2) is 45.1. The van der Waals surface area contributed by atoms with E-state index in [4.69, 9.17) is 38.4 Å². The Morgan fingerprint density at radius 1 is 0.639 bits per heavy atom. The number of Topliss-reactive ketones (excluding diaryl/α,β-unsaturated/α-hetero) is 1. The normalized spacial score (nSPS) is 21.1. The van der Waals surface area contributed by atoms with Crippen LogP contribution >= 0.6 is 58.6 Å². The number of hydrogen-bond donors (Lipinski definition) is 9. The summed E-state index contributed by atoms with van der Waals surface area (Å²) < 4.78 is 15.2. The number of amides is 4. The first kappa shape index (κ1) is 99.2. The van der Waals surface area contributed by atoms with Gasteiger partial charge in [0.2, 0.25) is 11.8 Å². The van der Waals surface area contributed by atoms with Gasteiger partial charge in [-0.3, -0.25) is 14.4 Å². The second-order valence-corrected chi connectivity index (χ2v) is 38.1. The fourth-order valence-corrected chi connectivity index (χ4v) is 19.4. The van der Waals surface area contributed by atoms with Crippen LogP contribution in [0.2, 0.25) is 10.0 Å². The van der Waals surface area contributed by atoms with Gasteiger partial charge < -0.3 is 66.4 Å². The molecule has 0 bridgehead atoms. The first-order valence-corrected chi connectivity index (χ1v) is 45.3. The number of hydrogen-bond acceptors (Lipinski definition) is 14. The number of carbonyl (C=O) groups excluding carboxylic acids is 6. The Balaban J connectivity index is 0.000000182. The van der Waals surface area contributed by atoms with Crippen molar-refractivity contribution >= 4 is 135 Å². The number of para-hydroxylation sites is 4. The third kappa shape index (κ3) is 23.7. The van der Waals surface area contributed by atoms with E-state index in [1.807, 2.05) is 184 Å². The molecule has 3 saturated heterocycles. The van der Waals surface area contributed by atoms with Gasteiger partial charge in [0.05, 0.1) is 34.2 Å². The molecule has 4 unspecified atom stereocenters. The van der Waals surface area contributed by atoms with E-state index < -0.39 is 22.0 Å². The molecule has 16 rings (SSSR count). The number of aromatic nitrogens is 2. The number of anilines is 2. The average molecular weight is 1830 g/mol. The molecule has 0 saturated carbocycles. The first-order valence-electron chi connectivity index (χ1n) is 43.0. The molecular weight excluding hydrogens is 1700 g/mol. The number of aldehydes is 1. The van der Waals surface area contributed by atoms with E-state index in [2.05, 4.69) is 201 Å². The van der Waals surface area contributed by atoms with Gasteiger partial charge in [0.15, 0.2) is 5.78 Å². The van der Waals surface area contributed by atoms with Gasteiger partial charge in [0.1, 0.15) is 17.5 Å². The first-order chi connectivity index (χ1) is 58.0. The number of nitrogens with two attached hydrogens (primary N) is 1. The van der Waals surface area contributed by atoms with Crippen LogP contribution in [0.5, 0.6) is 0 Å². The Bertz CT molecular complexity index is 4960. The molecule has 7 aromatic carbocycles. The molecule has 3 spiro atoms. The van der Waals surface area contributed by atoms with Crippen LogP contribution in [0.25, 0.3) is 21.8 Å². The number of unbranched alkanes of at least 4 members (excludes halogenated alkanes) is 1. The second-order valence-electron chi connectivity index (χ2n) is 35.8. The van der Waals surface area contributed by atoms with Crippen molar-refractivity contribution in [1.29, 1.82) is 0 Å². The fourth-order valence-electron chi connectivity index (χ4n) is 18.3. The van der Waals surface area contributed by atoms with Crippen LogP contribution in [0.1, 0.15) is 206 Å². The summed E-state index contributed by atoms with van der Waals surface area (Å²) in [7, 11) is 6.32. The number of H-pyrrole nitrogens is 2. The van der Waals surface area contributed by atoms with Gasteiger partial charge in [-0.2, -0.15) is 0 Å². The molecule has 7 aliphatic rings. The van der Waals surface area contributed by atoms with E-state index in [0.717, 1.165) is 83.8 Å². The van der Waals surface area contributed by atoms with Crippen LogP contribution in [0.3, 0.4) is 0 Å². The summed E-state index contributed by atoms with van der Waals surface area (Å²) in [6.45, 7) is 39.2. The van der Waals surface area contributed by atoms with Gasteiger partial charge in [0, 0.05) is 89.8 Å². The molecular formula is C98H130BCl2IN11O8S. The molecule has 19 nitrogen and oxygen atoms in total. The quantitative estimate of drug-likeness (QED) is 0.0193. The van der Waals surface area contributed by atoms with Crippen molar-refractivity contribution in [3.8, 4) is 0 Å². The van der Waals surface area contributed by atoms with Crippen molar-refractivity contribution in [2.24, 2.45) is 39.6 Å². The molecule has 24 heteroatoms. The number of halogens is 3. The predicted octanol–water partition coefficient (Wildman–Crippen LogP) is 21.0. The number of aromatic amines is 2. The summed E-state index contributed by atoms with van der Waals surface area (Å²) in [6, 6.07) is 56.4. The van der Waals surface area contributed by atoms with Crippen LogP contribution in [-0.2, 0) is 57.7 Å². The summed E-state index contributed by atoms with van der Waals surface area (Å²) in [4.78, 5) is 85.2. The van der Waals surface area contributed by atoms with Crippen molar-refractivity contribution in [2.75, 3.05) is 56.9 Å². The number of ether oxygens (including phenoxy) is 2. The van der Waals surface area contributed by atoms with Crippen molar-refractivity contribution < 1.29 is 38.2 Å². The van der Waals surface area contributed by atoms with Crippen molar-refractivity contribution in [1.82, 2.24) is 35.7 Å². The molecule has 3 fully saturated rings. The third-order valence-electron chi connectivity index (χ3n) is 23.0. The van der Waals surface area contributed by atoms with E-state index in [-0.39, 0.29) is 77.0 Å². The van der Waals surface area contributed by atoms with Gasteiger partial charge in [0.25, 0.3) is 0 Å². The summed E-state index contributed by atoms with van der Waals surface area (Å²) in [5.41, 5.74) is 16.3. The van der Waals surface area contributed by atoms with Crippen LogP contribution < -0.4 is 32.3 Å². The summed E-state index contributed by atoms with van der Waals surface area (Å²) in [6.07, 6.45) is 9.08. The number of rotatable bonds is 11. The Labute approximate surface area is 755 Å². The van der Waals surface area contributed by atoms with Crippen molar-refractivity contribution in [3.05, 3.63) is 234 Å². The van der Waals surface area contributed by atoms with E-state index in [1.54, 1.807) is 9.80 Å².